The molecule has 27 heavy (non-hydrogen) atoms. The number of nitrogens with one attached hydrogen (secondary N) is 1. The molecule has 0 radical (unpaired) electrons. The molecule has 7 heteroatoms. The van der Waals surface area contributed by atoms with Gasteiger partial charge in [-0.15, -0.1) is 22.5 Å². The number of pyridine rings is 1. The molecule has 1 N–H and O–H groups in total. The van der Waals surface area contributed by atoms with Crippen molar-refractivity contribution in [3.8, 4) is 23.7 Å². The molecule has 134 valence electrons. The number of carbonyl (C=O) groups is 1. The van der Waals surface area contributed by atoms with Crippen LogP contribution in [0, 0.1) is 12.3 Å². The molecule has 0 fully saturated rings. The van der Waals surface area contributed by atoms with E-state index >= 15 is 0 Å². The van der Waals surface area contributed by atoms with Crippen LogP contribution < -0.4 is 5.32 Å². The maximum Gasteiger partial charge on any atom is 0.252 e. The second kappa shape index (κ2) is 7.00. The molecule has 0 spiro atoms. The summed E-state index contributed by atoms with van der Waals surface area (Å²) < 4.78 is 1.82. The summed E-state index contributed by atoms with van der Waals surface area (Å²) in [5.74, 6) is 3.14. The largest absolute Gasteiger partial charge is 0.352 e. The number of amides is 1. The number of terminal acetylenes is 1. The fraction of sp³-hybridized carbons (Fsp3) is 0.250. The lowest BCUT2D eigenvalue weighted by atomic mass is 10.0. The van der Waals surface area contributed by atoms with Crippen LogP contribution in [0.25, 0.3) is 17.0 Å². The van der Waals surface area contributed by atoms with Crippen molar-refractivity contribution in [1.82, 2.24) is 19.9 Å². The van der Waals surface area contributed by atoms with E-state index in [1.165, 1.54) is 0 Å². The first kappa shape index (κ1) is 16.9. The van der Waals surface area contributed by atoms with E-state index in [2.05, 4.69) is 31.7 Å². The lowest BCUT2D eigenvalue weighted by molar-refractivity contribution is 0.0951. The Balaban J connectivity index is 1.46. The Morgan fingerprint density at radius 2 is 1.93 bits per heavy atom. The van der Waals surface area contributed by atoms with Gasteiger partial charge in [0.15, 0.2) is 17.1 Å². The minimum Gasteiger partial charge on any atom is -0.352 e. The van der Waals surface area contributed by atoms with E-state index in [0.29, 0.717) is 36.4 Å². The SMILES string of the molecule is C#CCCC1(CCNC(=O)c2ccc3nnc(-c4ccccc4)n3c2)N=N1. The van der Waals surface area contributed by atoms with Crippen molar-refractivity contribution in [3.63, 3.8) is 0 Å². The second-order valence-corrected chi connectivity index (χ2v) is 6.43. The first-order valence-corrected chi connectivity index (χ1v) is 8.77. The van der Waals surface area contributed by atoms with Crippen LogP contribution in [0.15, 0.2) is 58.9 Å². The van der Waals surface area contributed by atoms with Gasteiger partial charge in [-0.3, -0.25) is 9.20 Å². The molecular formula is C20H18N6O. The molecule has 1 aliphatic rings. The molecule has 4 rings (SSSR count). The minimum atomic E-state index is -0.391. The number of nitrogens with zero attached hydrogens (tertiary/aromatic N) is 5. The van der Waals surface area contributed by atoms with Crippen LogP contribution in [0.2, 0.25) is 0 Å². The van der Waals surface area contributed by atoms with E-state index in [-0.39, 0.29) is 5.91 Å². The number of benzene rings is 1. The van der Waals surface area contributed by atoms with Crippen LogP contribution in [0.4, 0.5) is 0 Å². The minimum absolute atomic E-state index is 0.155. The second-order valence-electron chi connectivity index (χ2n) is 6.43. The number of hydrogen-bond donors (Lipinski definition) is 1. The quantitative estimate of drug-likeness (QED) is 0.659. The third-order valence-corrected chi connectivity index (χ3v) is 4.56. The van der Waals surface area contributed by atoms with Gasteiger partial charge >= 0.3 is 0 Å². The maximum absolute atomic E-state index is 12.5. The highest BCUT2D eigenvalue weighted by atomic mass is 16.1. The van der Waals surface area contributed by atoms with E-state index in [4.69, 9.17) is 6.42 Å². The lowest BCUT2D eigenvalue weighted by Crippen LogP contribution is -2.28. The van der Waals surface area contributed by atoms with Crippen molar-refractivity contribution < 1.29 is 4.79 Å². The van der Waals surface area contributed by atoms with Crippen LogP contribution in [-0.2, 0) is 0 Å². The van der Waals surface area contributed by atoms with Gasteiger partial charge in [-0.1, -0.05) is 30.3 Å². The first-order chi connectivity index (χ1) is 13.2. The van der Waals surface area contributed by atoms with E-state index in [1.807, 2.05) is 34.7 Å². The normalized spacial score (nSPS) is 14.0. The molecule has 0 bridgehead atoms. The summed E-state index contributed by atoms with van der Waals surface area (Å²) in [6.07, 6.45) is 9.07. The standard InChI is InChI=1S/C20H18N6O/c1-2-3-11-20(24-25-20)12-13-21-19(27)16-9-10-17-22-23-18(26(17)14-16)15-7-5-4-6-8-15/h1,4-10,14H,3,11-13H2,(H,21,27). The Kier molecular flexibility index (Phi) is 4.38. The molecule has 1 aromatic carbocycles. The summed E-state index contributed by atoms with van der Waals surface area (Å²) in [7, 11) is 0. The summed E-state index contributed by atoms with van der Waals surface area (Å²) in [4.78, 5) is 12.5. The summed E-state index contributed by atoms with van der Waals surface area (Å²) in [5, 5.41) is 19.5. The van der Waals surface area contributed by atoms with E-state index in [1.54, 1.807) is 18.3 Å². The summed E-state index contributed by atoms with van der Waals surface area (Å²) in [6.45, 7) is 0.488. The molecule has 2 aromatic heterocycles. The molecule has 0 unspecified atom stereocenters. The van der Waals surface area contributed by atoms with Gasteiger partial charge in [-0.2, -0.15) is 10.2 Å². The van der Waals surface area contributed by atoms with Gasteiger partial charge in [0.05, 0.1) is 5.56 Å². The Morgan fingerprint density at radius 3 is 2.67 bits per heavy atom. The molecule has 3 heterocycles. The van der Waals surface area contributed by atoms with E-state index in [9.17, 15) is 4.79 Å². The Labute approximate surface area is 156 Å². The number of aromatic nitrogens is 3. The highest BCUT2D eigenvalue weighted by Crippen LogP contribution is 2.36. The van der Waals surface area contributed by atoms with Crippen molar-refractivity contribution in [2.75, 3.05) is 6.54 Å². The summed E-state index contributed by atoms with van der Waals surface area (Å²) in [6, 6.07) is 13.3. The number of hydrogen-bond acceptors (Lipinski definition) is 5. The lowest BCUT2D eigenvalue weighted by Gasteiger charge is -2.10. The maximum atomic E-state index is 12.5. The van der Waals surface area contributed by atoms with Gasteiger partial charge in [0.25, 0.3) is 5.91 Å². The number of fused-ring (bicyclic) bond motifs is 1. The predicted molar refractivity (Wildman–Crippen MR) is 101 cm³/mol. The Hall–Kier alpha value is -3.53. The van der Waals surface area contributed by atoms with Crippen LogP contribution in [0.3, 0.4) is 0 Å². The van der Waals surface area contributed by atoms with Crippen molar-refractivity contribution >= 4 is 11.6 Å². The third-order valence-electron chi connectivity index (χ3n) is 4.56. The fourth-order valence-corrected chi connectivity index (χ4v) is 2.96. The molecule has 7 nitrogen and oxygen atoms in total. The van der Waals surface area contributed by atoms with Crippen LogP contribution >= 0.6 is 0 Å². The average molecular weight is 358 g/mol. The summed E-state index contributed by atoms with van der Waals surface area (Å²) >= 11 is 0. The summed E-state index contributed by atoms with van der Waals surface area (Å²) in [5.41, 5.74) is 1.78. The average Bonchev–Trinajstić information content (AvgIpc) is 3.35. The first-order valence-electron chi connectivity index (χ1n) is 8.77. The molecule has 0 saturated heterocycles. The molecule has 1 aliphatic heterocycles. The van der Waals surface area contributed by atoms with Gasteiger partial charge in [-0.25, -0.2) is 0 Å². The molecule has 0 aliphatic carbocycles. The molecule has 1 amide bonds. The van der Waals surface area contributed by atoms with Crippen LogP contribution in [0.5, 0.6) is 0 Å². The number of carbonyl (C=O) groups excluding carboxylic acids is 1. The van der Waals surface area contributed by atoms with Crippen LogP contribution in [-0.4, -0.2) is 32.7 Å². The Bertz CT molecular complexity index is 1040. The molecule has 0 atom stereocenters. The van der Waals surface area contributed by atoms with Gasteiger partial charge in [-0.05, 0) is 12.1 Å². The fourth-order valence-electron chi connectivity index (χ4n) is 2.96. The van der Waals surface area contributed by atoms with Gasteiger partial charge < -0.3 is 5.32 Å². The monoisotopic (exact) mass is 358 g/mol. The van der Waals surface area contributed by atoms with Crippen LogP contribution in [0.1, 0.15) is 29.6 Å². The Morgan fingerprint density at radius 1 is 1.11 bits per heavy atom. The number of rotatable bonds is 7. The van der Waals surface area contributed by atoms with Gasteiger partial charge in [0.2, 0.25) is 0 Å². The van der Waals surface area contributed by atoms with Crippen molar-refractivity contribution in [2.45, 2.75) is 24.9 Å². The smallest absolute Gasteiger partial charge is 0.252 e. The van der Waals surface area contributed by atoms with Crippen molar-refractivity contribution in [1.29, 1.82) is 0 Å². The molecule has 0 saturated carbocycles. The van der Waals surface area contributed by atoms with E-state index < -0.39 is 5.66 Å². The zero-order chi connectivity index (χ0) is 18.7. The van der Waals surface area contributed by atoms with Gasteiger partial charge in [0.1, 0.15) is 0 Å². The zero-order valence-corrected chi connectivity index (χ0v) is 14.7. The highest BCUT2D eigenvalue weighted by Gasteiger charge is 2.38. The van der Waals surface area contributed by atoms with E-state index in [0.717, 1.165) is 12.0 Å². The highest BCUT2D eigenvalue weighted by molar-refractivity contribution is 5.94. The predicted octanol–water partition coefficient (Wildman–Crippen LogP) is 3.09. The zero-order valence-electron chi connectivity index (χ0n) is 14.7. The van der Waals surface area contributed by atoms with Gasteiger partial charge in [0, 0.05) is 37.6 Å². The molecular weight excluding hydrogens is 340 g/mol. The topological polar surface area (TPSA) is 84.0 Å². The molecule has 3 aromatic rings. The van der Waals surface area contributed by atoms with Crippen molar-refractivity contribution in [3.05, 3.63) is 54.2 Å². The van der Waals surface area contributed by atoms with Crippen molar-refractivity contribution in [2.24, 2.45) is 10.2 Å². The third kappa shape index (κ3) is 3.55.